The van der Waals surface area contributed by atoms with Gasteiger partial charge in [0.1, 0.15) is 5.82 Å². The molecule has 20 heavy (non-hydrogen) atoms. The van der Waals surface area contributed by atoms with Gasteiger partial charge in [0, 0.05) is 32.9 Å². The first kappa shape index (κ1) is 16.7. The van der Waals surface area contributed by atoms with Gasteiger partial charge in [-0.05, 0) is 31.2 Å². The molecule has 1 aromatic heterocycles. The van der Waals surface area contributed by atoms with Crippen LogP contribution in [0.2, 0.25) is 0 Å². The summed E-state index contributed by atoms with van der Waals surface area (Å²) in [5.41, 5.74) is 5.63. The van der Waals surface area contributed by atoms with Crippen molar-refractivity contribution in [3.8, 4) is 0 Å². The van der Waals surface area contributed by atoms with E-state index in [-0.39, 0.29) is 5.91 Å². The third-order valence-electron chi connectivity index (χ3n) is 3.93. The van der Waals surface area contributed by atoms with Gasteiger partial charge in [0.25, 0.3) is 0 Å². The zero-order valence-electron chi connectivity index (χ0n) is 13.2. The van der Waals surface area contributed by atoms with Gasteiger partial charge in [-0.15, -0.1) is 0 Å². The summed E-state index contributed by atoms with van der Waals surface area (Å²) in [6.45, 7) is 5.65. The van der Waals surface area contributed by atoms with E-state index in [4.69, 9.17) is 5.73 Å². The Bertz CT molecular complexity index is 414. The Morgan fingerprint density at radius 1 is 1.45 bits per heavy atom. The molecule has 0 saturated carbocycles. The fraction of sp³-hybridized carbons (Fsp3) is 0.733. The lowest BCUT2D eigenvalue weighted by Gasteiger charge is -2.22. The van der Waals surface area contributed by atoms with Gasteiger partial charge in [0.15, 0.2) is 0 Å². The number of nitrogens with two attached hydrogens (primary N) is 1. The SMILES string of the molecule is CC(C)C(CCN)CCC(=O)N(C)Cc1nccn1C. The minimum Gasteiger partial charge on any atom is -0.338 e. The summed E-state index contributed by atoms with van der Waals surface area (Å²) in [7, 11) is 3.78. The molecule has 5 heteroatoms. The summed E-state index contributed by atoms with van der Waals surface area (Å²) in [5, 5.41) is 0. The molecule has 0 spiro atoms. The van der Waals surface area contributed by atoms with Crippen molar-refractivity contribution in [3.63, 3.8) is 0 Å². The number of nitrogens with zero attached hydrogens (tertiary/aromatic N) is 3. The second-order valence-electron chi connectivity index (χ2n) is 5.82. The second-order valence-corrected chi connectivity index (χ2v) is 5.82. The Hall–Kier alpha value is -1.36. The van der Waals surface area contributed by atoms with Crippen molar-refractivity contribution in [2.75, 3.05) is 13.6 Å². The molecule has 1 aromatic rings. The fourth-order valence-electron chi connectivity index (χ4n) is 2.37. The summed E-state index contributed by atoms with van der Waals surface area (Å²) >= 11 is 0. The van der Waals surface area contributed by atoms with E-state index in [0.717, 1.165) is 18.7 Å². The molecular weight excluding hydrogens is 252 g/mol. The lowest BCUT2D eigenvalue weighted by atomic mass is 9.88. The lowest BCUT2D eigenvalue weighted by molar-refractivity contribution is -0.130. The smallest absolute Gasteiger partial charge is 0.222 e. The van der Waals surface area contributed by atoms with Gasteiger partial charge in [0.2, 0.25) is 5.91 Å². The first-order valence-corrected chi connectivity index (χ1v) is 7.36. The van der Waals surface area contributed by atoms with Crippen LogP contribution in [0.5, 0.6) is 0 Å². The van der Waals surface area contributed by atoms with Crippen LogP contribution in [-0.4, -0.2) is 34.0 Å². The van der Waals surface area contributed by atoms with Crippen LogP contribution in [-0.2, 0) is 18.4 Å². The molecule has 0 aliphatic carbocycles. The van der Waals surface area contributed by atoms with Gasteiger partial charge < -0.3 is 15.2 Å². The van der Waals surface area contributed by atoms with Crippen LogP contribution in [0.25, 0.3) is 0 Å². The van der Waals surface area contributed by atoms with Crippen LogP contribution in [0, 0.1) is 11.8 Å². The van der Waals surface area contributed by atoms with Gasteiger partial charge >= 0.3 is 0 Å². The van der Waals surface area contributed by atoms with Crippen LogP contribution in [0.1, 0.15) is 38.9 Å². The highest BCUT2D eigenvalue weighted by Crippen LogP contribution is 2.20. The summed E-state index contributed by atoms with van der Waals surface area (Å²) in [4.78, 5) is 18.2. The van der Waals surface area contributed by atoms with Gasteiger partial charge in [-0.3, -0.25) is 4.79 Å². The van der Waals surface area contributed by atoms with Gasteiger partial charge in [-0.1, -0.05) is 13.8 Å². The van der Waals surface area contributed by atoms with Crippen molar-refractivity contribution >= 4 is 5.91 Å². The quantitative estimate of drug-likeness (QED) is 0.789. The minimum absolute atomic E-state index is 0.177. The Morgan fingerprint density at radius 2 is 2.15 bits per heavy atom. The number of carbonyl (C=O) groups is 1. The first-order valence-electron chi connectivity index (χ1n) is 7.36. The predicted octanol–water partition coefficient (Wildman–Crippen LogP) is 1.78. The molecule has 1 atom stereocenters. The number of imidazole rings is 1. The minimum atomic E-state index is 0.177. The van der Waals surface area contributed by atoms with Crippen LogP contribution in [0.3, 0.4) is 0 Å². The molecule has 114 valence electrons. The summed E-state index contributed by atoms with van der Waals surface area (Å²) in [6, 6.07) is 0. The van der Waals surface area contributed by atoms with Gasteiger partial charge in [-0.2, -0.15) is 0 Å². The third kappa shape index (κ3) is 4.96. The molecule has 0 radical (unpaired) electrons. The molecule has 1 amide bonds. The summed E-state index contributed by atoms with van der Waals surface area (Å²) in [5.74, 6) is 2.19. The molecule has 5 nitrogen and oxygen atoms in total. The van der Waals surface area contributed by atoms with Crippen molar-refractivity contribution < 1.29 is 4.79 Å². The molecule has 1 heterocycles. The van der Waals surface area contributed by atoms with Crippen molar-refractivity contribution in [2.24, 2.45) is 24.6 Å². The van der Waals surface area contributed by atoms with E-state index in [1.54, 1.807) is 11.1 Å². The topological polar surface area (TPSA) is 64.2 Å². The van der Waals surface area contributed by atoms with Crippen LogP contribution < -0.4 is 5.73 Å². The standard InChI is InChI=1S/C15H28N4O/c1-12(2)13(7-8-16)5-6-15(20)19(4)11-14-17-9-10-18(14)3/h9-10,12-13H,5-8,11,16H2,1-4H3. The van der Waals surface area contributed by atoms with E-state index in [2.05, 4.69) is 18.8 Å². The third-order valence-corrected chi connectivity index (χ3v) is 3.93. The zero-order chi connectivity index (χ0) is 15.1. The highest BCUT2D eigenvalue weighted by molar-refractivity contribution is 5.75. The fourth-order valence-corrected chi connectivity index (χ4v) is 2.37. The average molecular weight is 280 g/mol. The molecule has 0 saturated heterocycles. The molecule has 0 aromatic carbocycles. The first-order chi connectivity index (χ1) is 9.45. The highest BCUT2D eigenvalue weighted by Gasteiger charge is 2.17. The van der Waals surface area contributed by atoms with Crippen LogP contribution in [0.15, 0.2) is 12.4 Å². The molecule has 0 aliphatic heterocycles. The Kier molecular flexibility index (Phi) is 6.71. The maximum atomic E-state index is 12.2. The summed E-state index contributed by atoms with van der Waals surface area (Å²) < 4.78 is 1.94. The Morgan fingerprint density at radius 3 is 2.65 bits per heavy atom. The number of carbonyl (C=O) groups excluding carboxylic acids is 1. The maximum Gasteiger partial charge on any atom is 0.222 e. The van der Waals surface area contributed by atoms with Crippen molar-refractivity contribution in [1.82, 2.24) is 14.5 Å². The Labute approximate surface area is 122 Å². The summed E-state index contributed by atoms with van der Waals surface area (Å²) in [6.07, 6.45) is 6.14. The van der Waals surface area contributed by atoms with Crippen molar-refractivity contribution in [2.45, 2.75) is 39.7 Å². The monoisotopic (exact) mass is 280 g/mol. The largest absolute Gasteiger partial charge is 0.338 e. The van der Waals surface area contributed by atoms with Gasteiger partial charge in [0.05, 0.1) is 6.54 Å². The molecule has 0 fully saturated rings. The molecule has 0 aliphatic rings. The zero-order valence-corrected chi connectivity index (χ0v) is 13.2. The normalized spacial score (nSPS) is 12.7. The molecule has 1 rings (SSSR count). The highest BCUT2D eigenvalue weighted by atomic mass is 16.2. The average Bonchev–Trinajstić information content (AvgIpc) is 2.79. The van der Waals surface area contributed by atoms with E-state index in [1.807, 2.05) is 24.9 Å². The number of aryl methyl sites for hydroxylation is 1. The van der Waals surface area contributed by atoms with E-state index < -0.39 is 0 Å². The van der Waals surface area contributed by atoms with Crippen molar-refractivity contribution in [1.29, 1.82) is 0 Å². The molecule has 0 bridgehead atoms. The number of hydrogen-bond acceptors (Lipinski definition) is 3. The van der Waals surface area contributed by atoms with Gasteiger partial charge in [-0.25, -0.2) is 4.98 Å². The van der Waals surface area contributed by atoms with Crippen molar-refractivity contribution in [3.05, 3.63) is 18.2 Å². The number of amides is 1. The second kappa shape index (κ2) is 8.04. The number of aromatic nitrogens is 2. The molecule has 1 unspecified atom stereocenters. The number of hydrogen-bond donors (Lipinski definition) is 1. The van der Waals surface area contributed by atoms with E-state index in [9.17, 15) is 4.79 Å². The maximum absolute atomic E-state index is 12.2. The predicted molar refractivity (Wildman–Crippen MR) is 80.9 cm³/mol. The van der Waals surface area contributed by atoms with Crippen LogP contribution in [0.4, 0.5) is 0 Å². The number of rotatable bonds is 8. The van der Waals surface area contributed by atoms with E-state index in [1.165, 1.54) is 0 Å². The van der Waals surface area contributed by atoms with Crippen LogP contribution >= 0.6 is 0 Å². The Balaban J connectivity index is 2.43. The molecule has 2 N–H and O–H groups in total. The van der Waals surface area contributed by atoms with E-state index >= 15 is 0 Å². The van der Waals surface area contributed by atoms with E-state index in [0.29, 0.717) is 31.3 Å². The lowest BCUT2D eigenvalue weighted by Crippen LogP contribution is -2.28. The molecular formula is C15H28N4O.